The number of alkyl halides is 3. The third kappa shape index (κ3) is 4.74. The lowest BCUT2D eigenvalue weighted by Gasteiger charge is -2.38. The minimum absolute atomic E-state index is 0.139. The van der Waals surface area contributed by atoms with Crippen LogP contribution in [0.4, 0.5) is 18.9 Å². The van der Waals surface area contributed by atoms with Gasteiger partial charge in [-0.3, -0.25) is 9.20 Å². The molecule has 38 heavy (non-hydrogen) atoms. The average molecular weight is 562 g/mol. The smallest absolute Gasteiger partial charge is 0.379 e. The highest BCUT2D eigenvalue weighted by Crippen LogP contribution is 2.38. The van der Waals surface area contributed by atoms with E-state index in [-0.39, 0.29) is 42.7 Å². The van der Waals surface area contributed by atoms with Gasteiger partial charge in [-0.05, 0) is 26.8 Å². The van der Waals surface area contributed by atoms with Gasteiger partial charge in [-0.25, -0.2) is 18.1 Å². The third-order valence-corrected chi connectivity index (χ3v) is 8.75. The van der Waals surface area contributed by atoms with Crippen LogP contribution in [-0.4, -0.2) is 103 Å². The summed E-state index contributed by atoms with van der Waals surface area (Å²) in [6.45, 7) is 5.52. The van der Waals surface area contributed by atoms with Crippen molar-refractivity contribution in [3.8, 4) is 0 Å². The van der Waals surface area contributed by atoms with E-state index >= 15 is 0 Å². The number of imidazole rings is 1. The molecule has 3 fully saturated rings. The minimum atomic E-state index is -4.90. The fraction of sp³-hybridized carbons (Fsp3) is 0.652. The summed E-state index contributed by atoms with van der Waals surface area (Å²) in [5.41, 5.74) is -2.90. The Kier molecular flexibility index (Phi) is 6.46. The molecule has 5 heterocycles. The van der Waals surface area contributed by atoms with Crippen LogP contribution in [0.3, 0.4) is 0 Å². The van der Waals surface area contributed by atoms with Crippen LogP contribution < -0.4 is 9.62 Å². The molecule has 2 aromatic heterocycles. The van der Waals surface area contributed by atoms with Gasteiger partial charge in [-0.2, -0.15) is 13.2 Å². The van der Waals surface area contributed by atoms with Crippen molar-refractivity contribution in [1.82, 2.24) is 19.0 Å². The van der Waals surface area contributed by atoms with Gasteiger partial charge in [-0.1, -0.05) is 0 Å². The number of ether oxygens (including phenoxy) is 2. The summed E-state index contributed by atoms with van der Waals surface area (Å²) in [5.74, 6) is -1.10. The van der Waals surface area contributed by atoms with Crippen LogP contribution in [0.2, 0.25) is 0 Å². The average Bonchev–Trinajstić information content (AvgIpc) is 3.40. The van der Waals surface area contributed by atoms with Gasteiger partial charge in [0.05, 0.1) is 54.9 Å². The monoisotopic (exact) mass is 561 g/mol. The zero-order valence-electron chi connectivity index (χ0n) is 21.2. The maximum Gasteiger partial charge on any atom is 0.419 e. The molecule has 11 nitrogen and oxygen atoms in total. The molecule has 210 valence electrons. The van der Waals surface area contributed by atoms with Crippen LogP contribution in [0, 0.1) is 0 Å². The Balaban J connectivity index is 1.58. The molecular formula is C23H30F3N5O6S. The third-order valence-electron chi connectivity index (χ3n) is 7.14. The number of pyridine rings is 1. The molecule has 1 amide bonds. The highest BCUT2D eigenvalue weighted by molar-refractivity contribution is 7.89. The van der Waals surface area contributed by atoms with Gasteiger partial charge in [0.15, 0.2) is 5.60 Å². The number of halogens is 3. The summed E-state index contributed by atoms with van der Waals surface area (Å²) in [7, 11) is -4.09. The van der Waals surface area contributed by atoms with Crippen LogP contribution in [-0.2, 0) is 19.5 Å². The summed E-state index contributed by atoms with van der Waals surface area (Å²) in [6, 6.07) is 1.50. The number of fused-ring (bicyclic) bond motifs is 1. The second-order valence-electron chi connectivity index (χ2n) is 10.7. The molecule has 3 atom stereocenters. The Labute approximate surface area is 217 Å². The van der Waals surface area contributed by atoms with Crippen LogP contribution in [0.1, 0.15) is 37.8 Å². The number of carbonyl (C=O) groups excluding carboxylic acids is 1. The number of likely N-dealkylation sites (tertiary alicyclic amines) is 1. The molecule has 0 aliphatic carbocycles. The number of carbonyl (C=O) groups is 1. The van der Waals surface area contributed by atoms with Crippen molar-refractivity contribution in [3.05, 3.63) is 24.3 Å². The molecule has 0 spiro atoms. The fourth-order valence-corrected chi connectivity index (χ4v) is 6.57. The molecule has 0 radical (unpaired) electrons. The number of hydrogen-bond acceptors (Lipinski definition) is 8. The van der Waals surface area contributed by atoms with Crippen molar-refractivity contribution in [1.29, 1.82) is 0 Å². The van der Waals surface area contributed by atoms with Gasteiger partial charge in [-0.15, -0.1) is 0 Å². The molecule has 0 bridgehead atoms. The minimum Gasteiger partial charge on any atom is -0.379 e. The van der Waals surface area contributed by atoms with Gasteiger partial charge >= 0.3 is 6.18 Å². The van der Waals surface area contributed by atoms with E-state index in [9.17, 15) is 31.5 Å². The summed E-state index contributed by atoms with van der Waals surface area (Å²) in [4.78, 5) is 20.2. The van der Waals surface area contributed by atoms with E-state index in [0.29, 0.717) is 24.3 Å². The van der Waals surface area contributed by atoms with Crippen LogP contribution in [0.15, 0.2) is 23.4 Å². The van der Waals surface area contributed by atoms with Crippen molar-refractivity contribution in [2.45, 2.75) is 61.6 Å². The lowest BCUT2D eigenvalue weighted by Crippen LogP contribution is -2.59. The lowest BCUT2D eigenvalue weighted by molar-refractivity contribution is -0.253. The maximum absolute atomic E-state index is 13.4. The molecule has 0 saturated carbocycles. The number of aliphatic hydroxyl groups is 1. The predicted octanol–water partition coefficient (Wildman–Crippen LogP) is 1.15. The molecule has 0 aromatic carbocycles. The quantitative estimate of drug-likeness (QED) is 0.557. The molecular weight excluding hydrogens is 531 g/mol. The first kappa shape index (κ1) is 27.1. The van der Waals surface area contributed by atoms with E-state index in [0.717, 1.165) is 4.90 Å². The summed E-state index contributed by atoms with van der Waals surface area (Å²) in [5, 5.41) is 10.0. The summed E-state index contributed by atoms with van der Waals surface area (Å²) < 4.78 is 81.7. The SMILES string of the molecule is C[C@H]1CN(c2cc(S(=O)(=O)NC3(C)COC3)cn3c(C(=O)N4CC[C@](O)(C(F)(F)F)C4)ncc23)C[C@H](C)O1. The summed E-state index contributed by atoms with van der Waals surface area (Å²) >= 11 is 0. The molecule has 15 heteroatoms. The number of morpholine rings is 1. The Bertz CT molecular complexity index is 1350. The Morgan fingerprint density at radius 1 is 1.24 bits per heavy atom. The number of nitrogens with one attached hydrogen (secondary N) is 1. The maximum atomic E-state index is 13.4. The standard InChI is InChI=1S/C23H30F3N5O6S/c1-14-8-30(9-15(2)37-14)17-6-16(38(34,35)28-21(3)12-36-13-21)10-31-18(17)7-27-19(31)20(32)29-5-4-22(33,11-29)23(24,25)26/h6-7,10,14-15,28,33H,4-5,8-9,11-13H2,1-3H3/t14-,15-,22+/m0/s1. The van der Waals surface area contributed by atoms with Gasteiger partial charge in [0.25, 0.3) is 5.91 Å². The van der Waals surface area contributed by atoms with E-state index in [1.165, 1.54) is 22.9 Å². The fourth-order valence-electron chi connectivity index (χ4n) is 5.18. The number of rotatable bonds is 5. The molecule has 3 aliphatic rings. The van der Waals surface area contributed by atoms with Crippen LogP contribution in [0.5, 0.6) is 0 Å². The van der Waals surface area contributed by atoms with Crippen LogP contribution in [0.25, 0.3) is 5.52 Å². The number of β-amino-alcohol motifs (C(OH)–C–C–N with tert-alkyl or cyclic N) is 1. The van der Waals surface area contributed by atoms with Gasteiger partial charge in [0.2, 0.25) is 15.8 Å². The second kappa shape index (κ2) is 9.05. The highest BCUT2D eigenvalue weighted by atomic mass is 32.2. The first-order valence-corrected chi connectivity index (χ1v) is 13.7. The number of nitrogens with zero attached hydrogens (tertiary/aromatic N) is 4. The van der Waals surface area contributed by atoms with E-state index < -0.39 is 46.2 Å². The van der Waals surface area contributed by atoms with E-state index in [1.807, 2.05) is 18.7 Å². The van der Waals surface area contributed by atoms with Crippen LogP contribution >= 0.6 is 0 Å². The van der Waals surface area contributed by atoms with Gasteiger partial charge < -0.3 is 24.4 Å². The number of anilines is 1. The molecule has 2 aromatic rings. The van der Waals surface area contributed by atoms with E-state index in [4.69, 9.17) is 9.47 Å². The van der Waals surface area contributed by atoms with Gasteiger partial charge in [0.1, 0.15) is 4.90 Å². The predicted molar refractivity (Wildman–Crippen MR) is 128 cm³/mol. The second-order valence-corrected chi connectivity index (χ2v) is 12.4. The zero-order valence-corrected chi connectivity index (χ0v) is 22.0. The van der Waals surface area contributed by atoms with Crippen molar-refractivity contribution in [3.63, 3.8) is 0 Å². The Morgan fingerprint density at radius 2 is 1.89 bits per heavy atom. The first-order chi connectivity index (χ1) is 17.6. The molecule has 3 aliphatic heterocycles. The number of aromatic nitrogens is 2. The zero-order chi connectivity index (χ0) is 27.7. The van der Waals surface area contributed by atoms with Crippen molar-refractivity contribution < 1.29 is 41.0 Å². The molecule has 5 rings (SSSR count). The molecule has 0 unspecified atom stereocenters. The number of hydrogen-bond donors (Lipinski definition) is 2. The topological polar surface area (TPSA) is 126 Å². The molecule has 3 saturated heterocycles. The van der Waals surface area contributed by atoms with Crippen molar-refractivity contribution >= 4 is 27.1 Å². The van der Waals surface area contributed by atoms with Gasteiger partial charge in [0, 0.05) is 32.3 Å². The normalized spacial score (nSPS) is 28.1. The first-order valence-electron chi connectivity index (χ1n) is 12.2. The number of sulfonamides is 1. The Hall–Kier alpha value is -2.46. The highest BCUT2D eigenvalue weighted by Gasteiger charge is 2.58. The van der Waals surface area contributed by atoms with Crippen molar-refractivity contribution in [2.75, 3.05) is 44.3 Å². The number of amides is 1. The Morgan fingerprint density at radius 3 is 2.45 bits per heavy atom. The lowest BCUT2D eigenvalue weighted by atomic mass is 10.0. The summed E-state index contributed by atoms with van der Waals surface area (Å²) in [6.07, 6.45) is -3.24. The van der Waals surface area contributed by atoms with E-state index in [1.54, 1.807) is 6.92 Å². The van der Waals surface area contributed by atoms with Crippen molar-refractivity contribution in [2.24, 2.45) is 0 Å². The molecule has 2 N–H and O–H groups in total. The van der Waals surface area contributed by atoms with E-state index in [2.05, 4.69) is 9.71 Å². The largest absolute Gasteiger partial charge is 0.419 e.